The van der Waals surface area contributed by atoms with Crippen molar-refractivity contribution in [1.29, 1.82) is 0 Å². The van der Waals surface area contributed by atoms with Gasteiger partial charge >= 0.3 is 0 Å². The van der Waals surface area contributed by atoms with Crippen molar-refractivity contribution >= 4 is 22.9 Å². The summed E-state index contributed by atoms with van der Waals surface area (Å²) in [5.41, 5.74) is 0.192. The van der Waals surface area contributed by atoms with E-state index in [0.29, 0.717) is 29.4 Å². The van der Waals surface area contributed by atoms with E-state index in [4.69, 9.17) is 4.98 Å². The number of nitrogens with one attached hydrogen (secondary N) is 2. The van der Waals surface area contributed by atoms with Crippen molar-refractivity contribution < 1.29 is 4.79 Å². The van der Waals surface area contributed by atoms with E-state index in [1.54, 1.807) is 17.9 Å². The number of nitrogens with zero attached hydrogens (tertiary/aromatic N) is 5. The van der Waals surface area contributed by atoms with E-state index in [2.05, 4.69) is 20.3 Å². The maximum absolute atomic E-state index is 12.5. The summed E-state index contributed by atoms with van der Waals surface area (Å²) in [4.78, 5) is 35.8. The number of likely N-dealkylation sites (tertiary alicyclic amines) is 1. The van der Waals surface area contributed by atoms with Crippen LogP contribution in [0, 0.1) is 5.92 Å². The molecule has 0 bridgehead atoms. The maximum Gasteiger partial charge on any atom is 0.263 e. The Balaban J connectivity index is 1.70. The second-order valence-electron chi connectivity index (χ2n) is 8.63. The number of hydrogen-bond donors (Lipinski definition) is 2. The van der Waals surface area contributed by atoms with Crippen molar-refractivity contribution in [2.45, 2.75) is 39.2 Å². The first kappa shape index (κ1) is 20.3. The summed E-state index contributed by atoms with van der Waals surface area (Å²) >= 11 is 0. The first-order valence-electron chi connectivity index (χ1n) is 9.81. The number of anilines is 1. The first-order chi connectivity index (χ1) is 13.2. The van der Waals surface area contributed by atoms with Crippen molar-refractivity contribution in [3.63, 3.8) is 0 Å². The van der Waals surface area contributed by atoms with Crippen LogP contribution in [0.1, 0.15) is 33.6 Å². The molecule has 0 aromatic carbocycles. The lowest BCUT2D eigenvalue weighted by molar-refractivity contribution is -0.122. The quantitative estimate of drug-likeness (QED) is 0.784. The fourth-order valence-electron chi connectivity index (χ4n) is 3.66. The third-order valence-corrected chi connectivity index (χ3v) is 5.31. The number of H-pyrrole nitrogens is 1. The van der Waals surface area contributed by atoms with E-state index in [0.717, 1.165) is 32.5 Å². The Hall–Kier alpha value is -2.42. The lowest BCUT2D eigenvalue weighted by Crippen LogP contribution is -2.42. The summed E-state index contributed by atoms with van der Waals surface area (Å²) in [6.07, 6.45) is 3.62. The molecule has 0 saturated carbocycles. The van der Waals surface area contributed by atoms with Gasteiger partial charge in [0.05, 0.1) is 18.3 Å². The summed E-state index contributed by atoms with van der Waals surface area (Å²) in [7, 11) is 3.62. The minimum atomic E-state index is -0.254. The van der Waals surface area contributed by atoms with Crippen LogP contribution in [0.25, 0.3) is 11.0 Å². The van der Waals surface area contributed by atoms with Gasteiger partial charge in [-0.25, -0.2) is 4.68 Å². The van der Waals surface area contributed by atoms with E-state index < -0.39 is 0 Å². The highest BCUT2D eigenvalue weighted by molar-refractivity contribution is 5.77. The lowest BCUT2D eigenvalue weighted by Gasteiger charge is -2.33. The van der Waals surface area contributed by atoms with Crippen LogP contribution in [-0.2, 0) is 10.3 Å². The molecule has 28 heavy (non-hydrogen) atoms. The Bertz CT molecular complexity index is 888. The summed E-state index contributed by atoms with van der Waals surface area (Å²) in [5, 5.41) is 7.54. The molecule has 1 amide bonds. The van der Waals surface area contributed by atoms with Crippen LogP contribution in [-0.4, -0.2) is 70.8 Å². The highest BCUT2D eigenvalue weighted by Crippen LogP contribution is 2.22. The first-order valence-corrected chi connectivity index (χ1v) is 9.81. The molecule has 3 rings (SSSR count). The van der Waals surface area contributed by atoms with Gasteiger partial charge < -0.3 is 10.2 Å². The zero-order valence-corrected chi connectivity index (χ0v) is 17.4. The van der Waals surface area contributed by atoms with Crippen LogP contribution in [0.3, 0.4) is 0 Å². The van der Waals surface area contributed by atoms with Gasteiger partial charge in [-0.3, -0.25) is 19.5 Å². The Morgan fingerprint density at radius 1 is 1.36 bits per heavy atom. The molecule has 9 nitrogen and oxygen atoms in total. The fourth-order valence-corrected chi connectivity index (χ4v) is 3.66. The molecule has 0 atom stereocenters. The molecule has 2 N–H and O–H groups in total. The van der Waals surface area contributed by atoms with Crippen molar-refractivity contribution in [3.8, 4) is 0 Å². The number of carbonyl (C=O) groups is 1. The minimum Gasteiger partial charge on any atom is -0.358 e. The molecule has 3 heterocycles. The van der Waals surface area contributed by atoms with Gasteiger partial charge in [0.1, 0.15) is 5.39 Å². The number of piperidine rings is 1. The van der Waals surface area contributed by atoms with Gasteiger partial charge in [-0.05, 0) is 52.6 Å². The smallest absolute Gasteiger partial charge is 0.263 e. The Labute approximate surface area is 165 Å². The molecule has 154 valence electrons. The normalized spacial score (nSPS) is 16.5. The molecule has 0 radical (unpaired) electrons. The number of amides is 1. The van der Waals surface area contributed by atoms with Gasteiger partial charge in [0.2, 0.25) is 11.9 Å². The van der Waals surface area contributed by atoms with Gasteiger partial charge in [-0.1, -0.05) is 0 Å². The van der Waals surface area contributed by atoms with E-state index in [9.17, 15) is 9.59 Å². The molecular weight excluding hydrogens is 358 g/mol. The van der Waals surface area contributed by atoms with Crippen molar-refractivity contribution in [2.24, 2.45) is 5.92 Å². The number of hydrogen-bond acceptors (Lipinski definition) is 6. The topological polar surface area (TPSA) is 99.2 Å². The average Bonchev–Trinajstić information content (AvgIpc) is 3.08. The number of rotatable bonds is 5. The summed E-state index contributed by atoms with van der Waals surface area (Å²) in [6.45, 7) is 9.21. The van der Waals surface area contributed by atoms with Crippen LogP contribution in [0.4, 0.5) is 5.95 Å². The zero-order valence-electron chi connectivity index (χ0n) is 17.4. The zero-order chi connectivity index (χ0) is 20.5. The maximum atomic E-state index is 12.5. The Morgan fingerprint density at radius 3 is 2.64 bits per heavy atom. The summed E-state index contributed by atoms with van der Waals surface area (Å²) in [6, 6.07) is 0. The average molecular weight is 390 g/mol. The molecule has 9 heteroatoms. The molecule has 0 aliphatic carbocycles. The molecule has 1 fully saturated rings. The third-order valence-electron chi connectivity index (χ3n) is 5.31. The highest BCUT2D eigenvalue weighted by atomic mass is 16.2. The summed E-state index contributed by atoms with van der Waals surface area (Å²) < 4.78 is 1.80. The van der Waals surface area contributed by atoms with E-state index in [-0.39, 0.29) is 17.0 Å². The van der Waals surface area contributed by atoms with Crippen molar-refractivity contribution in [1.82, 2.24) is 30.0 Å². The molecule has 2 aromatic heterocycles. The number of aromatic amines is 1. The molecule has 2 aromatic rings. The second-order valence-corrected chi connectivity index (χ2v) is 8.63. The highest BCUT2D eigenvalue weighted by Gasteiger charge is 2.24. The van der Waals surface area contributed by atoms with Crippen LogP contribution in [0.5, 0.6) is 0 Å². The van der Waals surface area contributed by atoms with Gasteiger partial charge in [-0.15, -0.1) is 0 Å². The SMILES string of the molecule is CNC(=O)CN1CCC(CN(C)c2nc3c(cnn3C(C)(C)C)c(=O)[nH]2)CC1. The number of likely N-dealkylation sites (N-methyl/N-ethyl adjacent to an activating group) is 1. The van der Waals surface area contributed by atoms with Gasteiger partial charge in [0, 0.05) is 20.6 Å². The molecule has 0 spiro atoms. The predicted molar refractivity (Wildman–Crippen MR) is 110 cm³/mol. The van der Waals surface area contributed by atoms with E-state index >= 15 is 0 Å². The third kappa shape index (κ3) is 4.35. The van der Waals surface area contributed by atoms with Gasteiger partial charge in [0.15, 0.2) is 5.65 Å². The lowest BCUT2D eigenvalue weighted by atomic mass is 9.96. The van der Waals surface area contributed by atoms with Crippen molar-refractivity contribution in [3.05, 3.63) is 16.6 Å². The predicted octanol–water partition coefficient (Wildman–Crippen LogP) is 0.769. The van der Waals surface area contributed by atoms with Gasteiger partial charge in [-0.2, -0.15) is 10.1 Å². The van der Waals surface area contributed by atoms with Crippen LogP contribution in [0.2, 0.25) is 0 Å². The standard InChI is InChI=1S/C19H31N7O2/c1-19(2,3)26-16-14(10-21-26)17(28)23-18(22-16)24(5)11-13-6-8-25(9-7-13)12-15(27)20-4/h10,13H,6-9,11-12H2,1-5H3,(H,20,27)(H,22,23,28). The second kappa shape index (κ2) is 7.90. The molecule has 1 saturated heterocycles. The molecule has 1 aliphatic rings. The number of carbonyl (C=O) groups excluding carboxylic acids is 1. The minimum absolute atomic E-state index is 0.0566. The molecule has 1 aliphatic heterocycles. The Kier molecular flexibility index (Phi) is 5.74. The van der Waals surface area contributed by atoms with E-state index in [1.807, 2.05) is 32.7 Å². The monoisotopic (exact) mass is 389 g/mol. The van der Waals surface area contributed by atoms with E-state index in [1.165, 1.54) is 0 Å². The van der Waals surface area contributed by atoms with Crippen LogP contribution in [0.15, 0.2) is 11.0 Å². The molecular formula is C19H31N7O2. The van der Waals surface area contributed by atoms with Crippen molar-refractivity contribution in [2.75, 3.05) is 45.2 Å². The largest absolute Gasteiger partial charge is 0.358 e. The fraction of sp³-hybridized carbons (Fsp3) is 0.684. The van der Waals surface area contributed by atoms with Crippen LogP contribution < -0.4 is 15.8 Å². The molecule has 0 unspecified atom stereocenters. The summed E-state index contributed by atoms with van der Waals surface area (Å²) in [5.74, 6) is 1.12. The Morgan fingerprint density at radius 2 is 2.04 bits per heavy atom. The number of fused-ring (bicyclic) bond motifs is 1. The van der Waals surface area contributed by atoms with Gasteiger partial charge in [0.25, 0.3) is 5.56 Å². The number of aromatic nitrogens is 4. The van der Waals surface area contributed by atoms with Crippen LogP contribution >= 0.6 is 0 Å².